The van der Waals surface area contributed by atoms with Crippen LogP contribution < -0.4 is 0 Å². The molecule has 0 aliphatic rings. The van der Waals surface area contributed by atoms with Gasteiger partial charge in [0.05, 0.1) is 22.1 Å². The quantitative estimate of drug-likeness (QED) is 0.135. The minimum atomic E-state index is 0.892. The topological polar surface area (TPSA) is 64.5 Å². The summed E-state index contributed by atoms with van der Waals surface area (Å²) < 4.78 is 0. The van der Waals surface area contributed by atoms with E-state index >= 15 is 0 Å². The summed E-state index contributed by atoms with van der Waals surface area (Å²) in [6.07, 6.45) is 11.2. The van der Waals surface area contributed by atoms with Crippen molar-refractivity contribution in [3.05, 3.63) is 177 Å². The smallest absolute Gasteiger partial charge is 0.0970 e. The van der Waals surface area contributed by atoms with Gasteiger partial charge in [0.15, 0.2) is 0 Å². The Labute approximate surface area is 320 Å². The molecule has 12 aromatic rings. The van der Waals surface area contributed by atoms with Gasteiger partial charge in [-0.05, 0) is 132 Å². The Kier molecular flexibility index (Phi) is 6.56. The highest BCUT2D eigenvalue weighted by Gasteiger charge is 2.23. The zero-order valence-electron chi connectivity index (χ0n) is 30.0. The third kappa shape index (κ3) is 4.46. The van der Waals surface area contributed by atoms with Crippen LogP contribution in [-0.2, 0) is 0 Å². The molecule has 0 aliphatic carbocycles. The molecule has 258 valence electrons. The number of aromatic nitrogens is 5. The van der Waals surface area contributed by atoms with E-state index in [1.54, 1.807) is 0 Å². The molecular weight excluding hydrogens is 683 g/mol. The van der Waals surface area contributed by atoms with Gasteiger partial charge >= 0.3 is 0 Å². The fraction of sp³-hybridized carbons (Fsp3) is 0. The number of nitrogens with zero attached hydrogens (tertiary/aromatic N) is 5. The van der Waals surface area contributed by atoms with E-state index in [-0.39, 0.29) is 0 Å². The average Bonchev–Trinajstić information content (AvgIpc) is 3.27. The standard InChI is InChI=1S/C51H29N5/c1-2-14-34-30(10-1)24-39(33-13-5-19-52-29-33)41-28-45-44(27-40(34)41)46(42-25-31-11-6-20-53-48(31)50-37(42)17-8-22-55-50)35-15-3-4-16-36(35)47(45)43-26-32-12-7-21-54-49(32)51-38(43)18-9-23-56-51/h1-29H. The van der Waals surface area contributed by atoms with Gasteiger partial charge in [0.25, 0.3) is 0 Å². The second-order valence-electron chi connectivity index (χ2n) is 14.4. The van der Waals surface area contributed by atoms with Gasteiger partial charge in [-0.3, -0.25) is 24.9 Å². The van der Waals surface area contributed by atoms with Crippen molar-refractivity contribution in [1.29, 1.82) is 0 Å². The van der Waals surface area contributed by atoms with Crippen molar-refractivity contribution in [2.45, 2.75) is 0 Å². The molecule has 12 rings (SSSR count). The van der Waals surface area contributed by atoms with Crippen molar-refractivity contribution in [1.82, 2.24) is 24.9 Å². The number of hydrogen-bond donors (Lipinski definition) is 0. The van der Waals surface area contributed by atoms with Crippen molar-refractivity contribution in [3.63, 3.8) is 0 Å². The van der Waals surface area contributed by atoms with Crippen LogP contribution in [0.2, 0.25) is 0 Å². The molecule has 5 nitrogen and oxygen atoms in total. The summed E-state index contributed by atoms with van der Waals surface area (Å²) in [5, 5.41) is 13.6. The minimum Gasteiger partial charge on any atom is -0.264 e. The predicted octanol–water partition coefficient (Wildman–Crippen LogP) is 12.9. The van der Waals surface area contributed by atoms with Gasteiger partial charge in [0, 0.05) is 64.3 Å². The zero-order chi connectivity index (χ0) is 36.7. The molecule has 0 radical (unpaired) electrons. The number of fused-ring (bicyclic) bond motifs is 11. The molecule has 56 heavy (non-hydrogen) atoms. The second kappa shape index (κ2) is 11.9. The summed E-state index contributed by atoms with van der Waals surface area (Å²) in [6.45, 7) is 0. The van der Waals surface area contributed by atoms with Crippen LogP contribution in [0.5, 0.6) is 0 Å². The third-order valence-corrected chi connectivity index (χ3v) is 11.4. The Hall–Kier alpha value is -7.63. The van der Waals surface area contributed by atoms with Gasteiger partial charge in [0.2, 0.25) is 0 Å². The molecule has 0 bridgehead atoms. The Balaban J connectivity index is 1.35. The summed E-state index contributed by atoms with van der Waals surface area (Å²) in [4.78, 5) is 24.1. The van der Waals surface area contributed by atoms with E-state index < -0.39 is 0 Å². The lowest BCUT2D eigenvalue weighted by molar-refractivity contribution is 1.33. The molecule has 7 aromatic carbocycles. The zero-order valence-corrected chi connectivity index (χ0v) is 30.0. The first-order chi connectivity index (χ1) is 27.8. The summed E-state index contributed by atoms with van der Waals surface area (Å²) in [6, 6.07) is 50.3. The number of pyridine rings is 5. The maximum absolute atomic E-state index is 4.94. The molecule has 5 aromatic heterocycles. The Morgan fingerprint density at radius 3 is 1.34 bits per heavy atom. The van der Waals surface area contributed by atoms with Crippen LogP contribution in [-0.4, -0.2) is 24.9 Å². The number of benzene rings is 7. The Morgan fingerprint density at radius 1 is 0.286 bits per heavy atom. The lowest BCUT2D eigenvalue weighted by atomic mass is 9.81. The fourth-order valence-corrected chi connectivity index (χ4v) is 9.08. The highest BCUT2D eigenvalue weighted by Crippen LogP contribution is 2.50. The summed E-state index contributed by atoms with van der Waals surface area (Å²) >= 11 is 0. The molecule has 0 unspecified atom stereocenters. The van der Waals surface area contributed by atoms with E-state index in [1.807, 2.05) is 67.5 Å². The molecule has 0 amide bonds. The first-order valence-electron chi connectivity index (χ1n) is 18.8. The van der Waals surface area contributed by atoms with Crippen molar-refractivity contribution in [2.75, 3.05) is 0 Å². The Bertz CT molecular complexity index is 3600. The SMILES string of the molecule is c1cncc(-c2cc3ccccc3c3cc4c(-c5cc6cccnc6c6ncccc56)c5ccccc5c(-c5cc6cccnc6c6ncccc56)c4cc23)c1. The first kappa shape index (κ1) is 30.8. The van der Waals surface area contributed by atoms with Gasteiger partial charge in [-0.1, -0.05) is 78.9 Å². The van der Waals surface area contributed by atoms with Crippen molar-refractivity contribution < 1.29 is 0 Å². The van der Waals surface area contributed by atoms with Gasteiger partial charge < -0.3 is 0 Å². The van der Waals surface area contributed by atoms with Gasteiger partial charge in [-0.2, -0.15) is 0 Å². The molecule has 5 heterocycles. The van der Waals surface area contributed by atoms with Crippen molar-refractivity contribution in [2.24, 2.45) is 0 Å². The third-order valence-electron chi connectivity index (χ3n) is 11.4. The lowest BCUT2D eigenvalue weighted by Gasteiger charge is -2.22. The molecule has 0 saturated heterocycles. The van der Waals surface area contributed by atoms with Crippen LogP contribution in [0.1, 0.15) is 0 Å². The Morgan fingerprint density at radius 2 is 0.750 bits per heavy atom. The normalized spacial score (nSPS) is 11.9. The summed E-state index contributed by atoms with van der Waals surface area (Å²) in [5.74, 6) is 0. The fourth-order valence-electron chi connectivity index (χ4n) is 9.08. The summed E-state index contributed by atoms with van der Waals surface area (Å²) in [5.41, 5.74) is 10.4. The molecule has 0 spiro atoms. The largest absolute Gasteiger partial charge is 0.264 e. The van der Waals surface area contributed by atoms with E-state index in [1.165, 1.54) is 38.1 Å². The summed E-state index contributed by atoms with van der Waals surface area (Å²) in [7, 11) is 0. The predicted molar refractivity (Wildman–Crippen MR) is 232 cm³/mol. The van der Waals surface area contributed by atoms with Crippen LogP contribution in [0.15, 0.2) is 177 Å². The second-order valence-corrected chi connectivity index (χ2v) is 14.4. The highest BCUT2D eigenvalue weighted by molar-refractivity contribution is 6.30. The van der Waals surface area contributed by atoms with Crippen LogP contribution in [0.3, 0.4) is 0 Å². The molecular formula is C51H29N5. The molecule has 0 saturated carbocycles. The van der Waals surface area contributed by atoms with E-state index in [0.29, 0.717) is 0 Å². The molecule has 0 fully saturated rings. The highest BCUT2D eigenvalue weighted by atomic mass is 14.7. The number of rotatable bonds is 3. The van der Waals surface area contributed by atoms with Gasteiger partial charge in [-0.15, -0.1) is 0 Å². The van der Waals surface area contributed by atoms with E-state index in [0.717, 1.165) is 82.0 Å². The van der Waals surface area contributed by atoms with E-state index in [4.69, 9.17) is 19.9 Å². The van der Waals surface area contributed by atoms with Crippen LogP contribution in [0, 0.1) is 0 Å². The van der Waals surface area contributed by atoms with Crippen LogP contribution >= 0.6 is 0 Å². The molecule has 0 N–H and O–H groups in total. The van der Waals surface area contributed by atoms with Gasteiger partial charge in [0.1, 0.15) is 0 Å². The maximum atomic E-state index is 4.94. The van der Waals surface area contributed by atoms with Crippen LogP contribution in [0.4, 0.5) is 0 Å². The van der Waals surface area contributed by atoms with Crippen LogP contribution in [0.25, 0.3) is 120 Å². The molecule has 0 atom stereocenters. The first-order valence-corrected chi connectivity index (χ1v) is 18.8. The number of hydrogen-bond acceptors (Lipinski definition) is 5. The van der Waals surface area contributed by atoms with E-state index in [9.17, 15) is 0 Å². The minimum absolute atomic E-state index is 0.892. The average molecular weight is 712 g/mol. The maximum Gasteiger partial charge on any atom is 0.0970 e. The molecule has 0 aliphatic heterocycles. The van der Waals surface area contributed by atoms with Crippen molar-refractivity contribution in [3.8, 4) is 33.4 Å². The lowest BCUT2D eigenvalue weighted by Crippen LogP contribution is -1.96. The monoisotopic (exact) mass is 711 g/mol. The van der Waals surface area contributed by atoms with Gasteiger partial charge in [-0.25, -0.2) is 0 Å². The van der Waals surface area contributed by atoms with Crippen molar-refractivity contribution >= 4 is 86.7 Å². The molecule has 5 heteroatoms. The van der Waals surface area contributed by atoms with E-state index in [2.05, 4.69) is 114 Å².